The topological polar surface area (TPSA) is 70.1 Å². The number of aromatic nitrogens is 4. The Bertz CT molecular complexity index is 690. The molecule has 0 bridgehead atoms. The third-order valence-corrected chi connectivity index (χ3v) is 4.45. The maximum absolute atomic E-state index is 11.6. The predicted octanol–water partition coefficient (Wildman–Crippen LogP) is 1.99. The molecule has 3 rings (SSSR count). The van der Waals surface area contributed by atoms with Gasteiger partial charge in [-0.05, 0) is 25.0 Å². The first-order valence-corrected chi connectivity index (χ1v) is 8.56. The number of hydrogen-bond donors (Lipinski definition) is 1. The van der Waals surface area contributed by atoms with Gasteiger partial charge in [-0.25, -0.2) is 0 Å². The van der Waals surface area contributed by atoms with Gasteiger partial charge < -0.3 is 14.8 Å². The number of carbonyl (C=O) groups excluding carboxylic acids is 1. The molecule has 130 valence electrons. The Kier molecular flexibility index (Phi) is 4.59. The zero-order valence-corrected chi connectivity index (χ0v) is 14.9. The van der Waals surface area contributed by atoms with E-state index in [0.717, 1.165) is 43.6 Å². The molecule has 2 aromatic heterocycles. The number of nitrogens with zero attached hydrogens (tertiary/aromatic N) is 5. The molecule has 1 amide bonds. The number of hydrogen-bond acceptors (Lipinski definition) is 4. The van der Waals surface area contributed by atoms with Crippen LogP contribution in [0.25, 0.3) is 11.5 Å². The van der Waals surface area contributed by atoms with Crippen molar-refractivity contribution >= 4 is 11.9 Å². The van der Waals surface area contributed by atoms with Gasteiger partial charge in [0, 0.05) is 45.3 Å². The third-order valence-electron chi connectivity index (χ3n) is 4.45. The summed E-state index contributed by atoms with van der Waals surface area (Å²) in [4.78, 5) is 19.0. The molecule has 24 heavy (non-hydrogen) atoms. The van der Waals surface area contributed by atoms with Gasteiger partial charge >= 0.3 is 0 Å². The average Bonchev–Trinajstić information content (AvgIpc) is 3.16. The molecular formula is C17H26N6O. The number of rotatable bonds is 4. The number of aromatic amines is 1. The van der Waals surface area contributed by atoms with E-state index < -0.39 is 0 Å². The van der Waals surface area contributed by atoms with Crippen molar-refractivity contribution in [3.05, 3.63) is 18.3 Å². The first-order valence-electron chi connectivity index (χ1n) is 8.56. The van der Waals surface area contributed by atoms with Crippen LogP contribution in [-0.4, -0.2) is 56.2 Å². The molecule has 3 heterocycles. The van der Waals surface area contributed by atoms with E-state index in [2.05, 4.69) is 45.4 Å². The van der Waals surface area contributed by atoms with Gasteiger partial charge in [-0.1, -0.05) is 13.8 Å². The molecule has 1 fully saturated rings. The van der Waals surface area contributed by atoms with Crippen molar-refractivity contribution in [2.75, 3.05) is 24.5 Å². The van der Waals surface area contributed by atoms with E-state index in [9.17, 15) is 4.79 Å². The van der Waals surface area contributed by atoms with Crippen molar-refractivity contribution in [1.29, 1.82) is 0 Å². The van der Waals surface area contributed by atoms with Crippen molar-refractivity contribution < 1.29 is 4.79 Å². The van der Waals surface area contributed by atoms with Crippen LogP contribution in [0.4, 0.5) is 5.95 Å². The Morgan fingerprint density at radius 1 is 1.38 bits per heavy atom. The lowest BCUT2D eigenvalue weighted by Crippen LogP contribution is -2.54. The number of carbonyl (C=O) groups is 1. The van der Waals surface area contributed by atoms with Gasteiger partial charge in [-0.3, -0.25) is 9.36 Å². The molecule has 0 radical (unpaired) electrons. The van der Waals surface area contributed by atoms with E-state index >= 15 is 0 Å². The Morgan fingerprint density at radius 2 is 2.17 bits per heavy atom. The minimum absolute atomic E-state index is 0.136. The van der Waals surface area contributed by atoms with Crippen LogP contribution >= 0.6 is 0 Å². The van der Waals surface area contributed by atoms with Crippen LogP contribution in [0.15, 0.2) is 18.3 Å². The summed E-state index contributed by atoms with van der Waals surface area (Å²) < 4.78 is 2.19. The fourth-order valence-electron chi connectivity index (χ4n) is 3.25. The molecule has 7 nitrogen and oxygen atoms in total. The Labute approximate surface area is 142 Å². The van der Waals surface area contributed by atoms with Crippen LogP contribution in [0.1, 0.15) is 27.7 Å². The molecule has 1 atom stereocenters. The van der Waals surface area contributed by atoms with Gasteiger partial charge in [0.15, 0.2) is 5.82 Å². The number of H-pyrrole nitrogens is 1. The minimum Gasteiger partial charge on any atom is -0.359 e. The SMILES string of the molecule is CC(=O)N1CCN(c2nnc(-c3ccc[nH]3)n2CC(C)C)C(C)C1. The van der Waals surface area contributed by atoms with Crippen molar-refractivity contribution in [3.63, 3.8) is 0 Å². The average molecular weight is 330 g/mol. The Balaban J connectivity index is 1.92. The highest BCUT2D eigenvalue weighted by atomic mass is 16.2. The summed E-state index contributed by atoms with van der Waals surface area (Å²) in [5.74, 6) is 2.38. The lowest BCUT2D eigenvalue weighted by Gasteiger charge is -2.40. The molecule has 1 saturated heterocycles. The first kappa shape index (κ1) is 16.5. The third kappa shape index (κ3) is 3.16. The number of anilines is 1. The summed E-state index contributed by atoms with van der Waals surface area (Å²) in [6, 6.07) is 4.20. The zero-order valence-electron chi connectivity index (χ0n) is 14.9. The van der Waals surface area contributed by atoms with E-state index in [-0.39, 0.29) is 11.9 Å². The van der Waals surface area contributed by atoms with Crippen molar-refractivity contribution in [1.82, 2.24) is 24.6 Å². The highest BCUT2D eigenvalue weighted by Gasteiger charge is 2.29. The van der Waals surface area contributed by atoms with Crippen LogP contribution in [0.5, 0.6) is 0 Å². The summed E-state index contributed by atoms with van der Waals surface area (Å²) in [6.07, 6.45) is 1.90. The van der Waals surface area contributed by atoms with Gasteiger partial charge in [0.25, 0.3) is 0 Å². The normalized spacial score (nSPS) is 18.5. The maximum atomic E-state index is 11.6. The van der Waals surface area contributed by atoms with Crippen LogP contribution in [-0.2, 0) is 11.3 Å². The smallest absolute Gasteiger partial charge is 0.227 e. The molecule has 1 N–H and O–H groups in total. The summed E-state index contributed by atoms with van der Waals surface area (Å²) >= 11 is 0. The fraction of sp³-hybridized carbons (Fsp3) is 0.588. The second kappa shape index (κ2) is 6.67. The minimum atomic E-state index is 0.136. The molecule has 0 spiro atoms. The highest BCUT2D eigenvalue weighted by molar-refractivity contribution is 5.73. The first-order chi connectivity index (χ1) is 11.5. The second-order valence-electron chi connectivity index (χ2n) is 6.92. The van der Waals surface area contributed by atoms with E-state index in [1.54, 1.807) is 6.92 Å². The fourth-order valence-corrected chi connectivity index (χ4v) is 3.25. The molecular weight excluding hydrogens is 304 g/mol. The molecule has 1 aliphatic heterocycles. The largest absolute Gasteiger partial charge is 0.359 e. The van der Waals surface area contributed by atoms with E-state index in [0.29, 0.717) is 5.92 Å². The number of nitrogens with one attached hydrogen (secondary N) is 1. The van der Waals surface area contributed by atoms with Gasteiger partial charge in [0.2, 0.25) is 11.9 Å². The molecule has 0 aromatic carbocycles. The zero-order chi connectivity index (χ0) is 17.3. The van der Waals surface area contributed by atoms with Crippen molar-refractivity contribution in [2.45, 2.75) is 40.3 Å². The molecule has 1 unspecified atom stereocenters. The molecule has 0 aliphatic carbocycles. The predicted molar refractivity (Wildman–Crippen MR) is 93.7 cm³/mol. The van der Waals surface area contributed by atoms with E-state index in [4.69, 9.17) is 0 Å². The van der Waals surface area contributed by atoms with Gasteiger partial charge in [-0.2, -0.15) is 0 Å². The Hall–Kier alpha value is -2.31. The number of amides is 1. The van der Waals surface area contributed by atoms with E-state index in [1.807, 2.05) is 23.2 Å². The summed E-state index contributed by atoms with van der Waals surface area (Å²) in [5, 5.41) is 8.92. The number of piperazine rings is 1. The van der Waals surface area contributed by atoms with Crippen LogP contribution in [0.2, 0.25) is 0 Å². The monoisotopic (exact) mass is 330 g/mol. The Morgan fingerprint density at radius 3 is 2.75 bits per heavy atom. The van der Waals surface area contributed by atoms with E-state index in [1.165, 1.54) is 0 Å². The second-order valence-corrected chi connectivity index (χ2v) is 6.92. The summed E-state index contributed by atoms with van der Waals surface area (Å²) in [7, 11) is 0. The van der Waals surface area contributed by atoms with Crippen LogP contribution in [0, 0.1) is 5.92 Å². The molecule has 0 saturated carbocycles. The van der Waals surface area contributed by atoms with Crippen molar-refractivity contribution in [3.8, 4) is 11.5 Å². The van der Waals surface area contributed by atoms with Gasteiger partial charge in [0.1, 0.15) is 0 Å². The van der Waals surface area contributed by atoms with Crippen LogP contribution < -0.4 is 4.90 Å². The van der Waals surface area contributed by atoms with Gasteiger partial charge in [-0.15, -0.1) is 10.2 Å². The molecule has 2 aromatic rings. The summed E-state index contributed by atoms with van der Waals surface area (Å²) in [5.41, 5.74) is 0.976. The standard InChI is InChI=1S/C17H26N6O/c1-12(2)10-23-16(15-6-5-7-18-15)19-20-17(23)22-9-8-21(14(4)24)11-13(22)3/h5-7,12-13,18H,8-11H2,1-4H3. The van der Waals surface area contributed by atoms with Gasteiger partial charge in [0.05, 0.1) is 5.69 Å². The molecule has 7 heteroatoms. The quantitative estimate of drug-likeness (QED) is 0.931. The maximum Gasteiger partial charge on any atom is 0.227 e. The highest BCUT2D eigenvalue weighted by Crippen LogP contribution is 2.25. The molecule has 1 aliphatic rings. The van der Waals surface area contributed by atoms with Crippen molar-refractivity contribution in [2.24, 2.45) is 5.92 Å². The summed E-state index contributed by atoms with van der Waals surface area (Å²) in [6.45, 7) is 11.2. The lowest BCUT2D eigenvalue weighted by molar-refractivity contribution is -0.129. The van der Waals surface area contributed by atoms with Crippen LogP contribution in [0.3, 0.4) is 0 Å². The lowest BCUT2D eigenvalue weighted by atomic mass is 10.2.